The molecule has 1 aliphatic heterocycles. The molecule has 0 amide bonds. The van der Waals surface area contributed by atoms with E-state index in [1.807, 2.05) is 19.9 Å². The first-order valence-corrected chi connectivity index (χ1v) is 10.7. The molecule has 0 fully saturated rings. The summed E-state index contributed by atoms with van der Waals surface area (Å²) in [6.07, 6.45) is 4.82. The van der Waals surface area contributed by atoms with Gasteiger partial charge >= 0.3 is 17.9 Å². The highest BCUT2D eigenvalue weighted by Gasteiger charge is 2.28. The number of carbonyl (C=O) groups excluding carboxylic acids is 3. The van der Waals surface area contributed by atoms with E-state index in [4.69, 9.17) is 23.4 Å². The molecule has 0 radical (unpaired) electrons. The fraction of sp³-hybridized carbons (Fsp3) is 0.231. The Morgan fingerprint density at radius 3 is 2.17 bits per heavy atom. The molecule has 180 valence electrons. The van der Waals surface area contributed by atoms with Crippen molar-refractivity contribution < 1.29 is 37.7 Å². The highest BCUT2D eigenvalue weighted by Crippen LogP contribution is 2.41. The van der Waals surface area contributed by atoms with Crippen LogP contribution in [0.25, 0.3) is 28.2 Å². The molecule has 9 heteroatoms. The number of fused-ring (bicyclic) bond motifs is 3. The third-order valence-corrected chi connectivity index (χ3v) is 5.05. The van der Waals surface area contributed by atoms with Gasteiger partial charge < -0.3 is 23.4 Å². The van der Waals surface area contributed by atoms with E-state index in [2.05, 4.69) is 0 Å². The van der Waals surface area contributed by atoms with Gasteiger partial charge in [0.2, 0.25) is 5.43 Å². The van der Waals surface area contributed by atoms with E-state index in [1.54, 1.807) is 6.08 Å². The zero-order valence-electron chi connectivity index (χ0n) is 19.7. The second-order valence-electron chi connectivity index (χ2n) is 8.45. The van der Waals surface area contributed by atoms with Crippen molar-refractivity contribution >= 4 is 35.0 Å². The Morgan fingerprint density at radius 1 is 0.857 bits per heavy atom. The molecule has 0 N–H and O–H groups in total. The van der Waals surface area contributed by atoms with E-state index < -0.39 is 28.9 Å². The summed E-state index contributed by atoms with van der Waals surface area (Å²) in [7, 11) is 0. The van der Waals surface area contributed by atoms with Crippen LogP contribution in [0, 0.1) is 0 Å². The summed E-state index contributed by atoms with van der Waals surface area (Å²) in [5.41, 5.74) is -0.202. The van der Waals surface area contributed by atoms with Crippen molar-refractivity contribution in [2.24, 2.45) is 0 Å². The zero-order chi connectivity index (χ0) is 25.5. The van der Waals surface area contributed by atoms with E-state index in [9.17, 15) is 19.2 Å². The van der Waals surface area contributed by atoms with E-state index in [0.29, 0.717) is 11.3 Å². The van der Waals surface area contributed by atoms with Crippen LogP contribution in [0.2, 0.25) is 0 Å². The van der Waals surface area contributed by atoms with Crippen LogP contribution in [0.1, 0.15) is 40.2 Å². The monoisotopic (exact) mass is 478 g/mol. The SMILES string of the molecule is CC(=O)Oc1ccc(-c2coc3c4c(cc(OC(C)=O)c3c2=O)OC(C)(C)C=C4)c(OC(C)=O)c1. The van der Waals surface area contributed by atoms with Crippen LogP contribution >= 0.6 is 0 Å². The standard InChI is InChI=1S/C26H22O9/c1-13(27)32-16-6-7-17(20(10-16)33-14(2)28)19-12-31-25-18-8-9-26(4,5)35-21(18)11-22(34-15(3)29)23(25)24(19)30/h6-12H,1-5H3. The normalized spacial score (nSPS) is 13.5. The first-order valence-electron chi connectivity index (χ1n) is 10.7. The summed E-state index contributed by atoms with van der Waals surface area (Å²) < 4.78 is 27.5. The van der Waals surface area contributed by atoms with Gasteiger partial charge in [-0.3, -0.25) is 19.2 Å². The summed E-state index contributed by atoms with van der Waals surface area (Å²) in [4.78, 5) is 48.6. The summed E-state index contributed by atoms with van der Waals surface area (Å²) in [6.45, 7) is 7.36. The van der Waals surface area contributed by atoms with Crippen molar-refractivity contribution in [2.75, 3.05) is 0 Å². The molecule has 0 atom stereocenters. The van der Waals surface area contributed by atoms with Gasteiger partial charge in [0.05, 0.1) is 11.1 Å². The summed E-state index contributed by atoms with van der Waals surface area (Å²) in [5.74, 6) is -1.36. The quantitative estimate of drug-likeness (QED) is 0.396. The van der Waals surface area contributed by atoms with E-state index in [1.165, 1.54) is 51.3 Å². The fourth-order valence-corrected chi connectivity index (χ4v) is 3.73. The molecule has 0 saturated carbocycles. The van der Waals surface area contributed by atoms with Crippen molar-refractivity contribution in [3.8, 4) is 34.1 Å². The van der Waals surface area contributed by atoms with Crippen molar-refractivity contribution in [1.82, 2.24) is 0 Å². The maximum atomic E-state index is 13.7. The molecule has 35 heavy (non-hydrogen) atoms. The molecule has 1 aliphatic rings. The average molecular weight is 478 g/mol. The third kappa shape index (κ3) is 4.79. The number of rotatable bonds is 4. The van der Waals surface area contributed by atoms with Crippen LogP contribution in [0.3, 0.4) is 0 Å². The lowest BCUT2D eigenvalue weighted by Gasteiger charge is -2.28. The summed E-state index contributed by atoms with van der Waals surface area (Å²) in [6, 6.07) is 5.71. The van der Waals surface area contributed by atoms with Crippen molar-refractivity contribution in [2.45, 2.75) is 40.2 Å². The predicted octanol–water partition coefficient (Wildman–Crippen LogP) is 4.42. The van der Waals surface area contributed by atoms with Gasteiger partial charge in [0.15, 0.2) is 5.58 Å². The maximum Gasteiger partial charge on any atom is 0.308 e. The lowest BCUT2D eigenvalue weighted by Crippen LogP contribution is -2.27. The minimum atomic E-state index is -0.643. The van der Waals surface area contributed by atoms with Gasteiger partial charge in [-0.25, -0.2) is 0 Å². The van der Waals surface area contributed by atoms with E-state index in [-0.39, 0.29) is 39.3 Å². The van der Waals surface area contributed by atoms with Gasteiger partial charge in [0, 0.05) is 38.5 Å². The number of hydrogen-bond donors (Lipinski definition) is 0. The molecule has 0 aliphatic carbocycles. The summed E-state index contributed by atoms with van der Waals surface area (Å²) >= 11 is 0. The lowest BCUT2D eigenvalue weighted by atomic mass is 9.98. The topological polar surface area (TPSA) is 118 Å². The zero-order valence-corrected chi connectivity index (χ0v) is 19.7. The van der Waals surface area contributed by atoms with Gasteiger partial charge in [-0.15, -0.1) is 0 Å². The molecule has 9 nitrogen and oxygen atoms in total. The molecule has 0 unspecified atom stereocenters. The van der Waals surface area contributed by atoms with E-state index in [0.717, 1.165) is 0 Å². The Balaban J connectivity index is 1.98. The fourth-order valence-electron chi connectivity index (χ4n) is 3.73. The number of ether oxygens (including phenoxy) is 4. The van der Waals surface area contributed by atoms with Crippen molar-refractivity contribution in [1.29, 1.82) is 0 Å². The van der Waals surface area contributed by atoms with Gasteiger partial charge in [0.1, 0.15) is 40.2 Å². The molecule has 0 spiro atoms. The van der Waals surface area contributed by atoms with Gasteiger partial charge in [-0.05, 0) is 38.1 Å². The number of carbonyl (C=O) groups is 3. The lowest BCUT2D eigenvalue weighted by molar-refractivity contribution is -0.133. The number of hydrogen-bond acceptors (Lipinski definition) is 9. The van der Waals surface area contributed by atoms with Crippen molar-refractivity contribution in [3.05, 3.63) is 52.4 Å². The second-order valence-corrected chi connectivity index (χ2v) is 8.45. The predicted molar refractivity (Wildman–Crippen MR) is 126 cm³/mol. The Kier molecular flexibility index (Phi) is 5.94. The molecule has 1 aromatic heterocycles. The average Bonchev–Trinajstić information content (AvgIpc) is 2.72. The third-order valence-electron chi connectivity index (χ3n) is 5.05. The Morgan fingerprint density at radius 2 is 1.51 bits per heavy atom. The van der Waals surface area contributed by atoms with E-state index >= 15 is 0 Å². The molecule has 0 saturated heterocycles. The smallest absolute Gasteiger partial charge is 0.308 e. The maximum absolute atomic E-state index is 13.7. The Hall–Kier alpha value is -4.40. The molecule has 4 rings (SSSR count). The first kappa shape index (κ1) is 23.7. The summed E-state index contributed by atoms with van der Waals surface area (Å²) in [5, 5.41) is 0.0160. The Labute approximate surface area is 199 Å². The largest absolute Gasteiger partial charge is 0.483 e. The number of benzene rings is 2. The second kappa shape index (κ2) is 8.75. The Bertz CT molecular complexity index is 1470. The van der Waals surface area contributed by atoms with Crippen LogP contribution in [0.5, 0.6) is 23.0 Å². The minimum Gasteiger partial charge on any atom is -0.483 e. The van der Waals surface area contributed by atoms with Crippen molar-refractivity contribution in [3.63, 3.8) is 0 Å². The highest BCUT2D eigenvalue weighted by molar-refractivity contribution is 5.97. The van der Waals surface area contributed by atoms with Crippen LogP contribution < -0.4 is 24.4 Å². The van der Waals surface area contributed by atoms with Crippen LogP contribution in [0.4, 0.5) is 0 Å². The number of esters is 3. The highest BCUT2D eigenvalue weighted by atomic mass is 16.5. The van der Waals surface area contributed by atoms with Crippen LogP contribution in [-0.2, 0) is 14.4 Å². The molecule has 0 bridgehead atoms. The minimum absolute atomic E-state index is 0.0140. The van der Waals surface area contributed by atoms with Gasteiger partial charge in [-0.1, -0.05) is 0 Å². The first-order chi connectivity index (χ1) is 16.4. The van der Waals surface area contributed by atoms with Gasteiger partial charge in [0.25, 0.3) is 0 Å². The van der Waals surface area contributed by atoms with Crippen LogP contribution in [0.15, 0.2) is 45.8 Å². The van der Waals surface area contributed by atoms with Gasteiger partial charge in [-0.2, -0.15) is 0 Å². The molecular weight excluding hydrogens is 456 g/mol. The van der Waals surface area contributed by atoms with Crippen LogP contribution in [-0.4, -0.2) is 23.5 Å². The molecule has 3 aromatic rings. The molecular formula is C26H22O9. The molecule has 2 aromatic carbocycles. The molecule has 2 heterocycles.